The average molecular weight is 703 g/mol. The van der Waals surface area contributed by atoms with Crippen LogP contribution in [0.3, 0.4) is 0 Å². The van der Waals surface area contributed by atoms with Gasteiger partial charge in [-0.2, -0.15) is 13.2 Å². The van der Waals surface area contributed by atoms with E-state index in [1.54, 1.807) is 54.6 Å². The lowest BCUT2D eigenvalue weighted by molar-refractivity contribution is -0.208. The fourth-order valence-electron chi connectivity index (χ4n) is 6.21. The van der Waals surface area contributed by atoms with Gasteiger partial charge in [-0.05, 0) is 59.0 Å². The number of ether oxygens (including phenoxy) is 1. The second-order valence-electron chi connectivity index (χ2n) is 12.2. The predicted molar refractivity (Wildman–Crippen MR) is 184 cm³/mol. The van der Waals surface area contributed by atoms with Crippen molar-refractivity contribution in [2.24, 2.45) is 11.7 Å². The van der Waals surface area contributed by atoms with Crippen LogP contribution < -0.4 is 16.4 Å². The maximum atomic E-state index is 14.1. The normalized spacial score (nSPS) is 15.0. The molecule has 13 heteroatoms. The summed E-state index contributed by atoms with van der Waals surface area (Å²) in [5.41, 5.74) is 8.27. The molecule has 1 aromatic heterocycles. The Hall–Kier alpha value is -5.14. The van der Waals surface area contributed by atoms with Crippen molar-refractivity contribution in [3.63, 3.8) is 0 Å². The fraction of sp³-hybridized carbons (Fsp3) is 0.270. The summed E-state index contributed by atoms with van der Waals surface area (Å²) in [5.74, 6) is -5.05. The Labute approximate surface area is 289 Å². The predicted octanol–water partition coefficient (Wildman–Crippen LogP) is 7.26. The number of halogens is 3. The summed E-state index contributed by atoms with van der Waals surface area (Å²) in [5, 5.41) is 7.22. The van der Waals surface area contributed by atoms with Gasteiger partial charge in [-0.1, -0.05) is 79.9 Å². The summed E-state index contributed by atoms with van der Waals surface area (Å²) in [6, 6.07) is 23.2. The van der Waals surface area contributed by atoms with E-state index in [1.807, 2.05) is 30.3 Å². The number of nitrogens with one attached hydrogen (secondary N) is 2. The lowest BCUT2D eigenvalue weighted by Crippen LogP contribution is -2.47. The number of carbonyl (C=O) groups excluding carboxylic acids is 4. The number of Topliss-reactive ketones (excluding diaryl/α,β-unsaturated/α-hetero) is 1. The molecule has 0 radical (unpaired) electrons. The number of hydrogen-bond donors (Lipinski definition) is 3. The molecular weight excluding hydrogens is 669 g/mol. The van der Waals surface area contributed by atoms with E-state index in [1.165, 1.54) is 0 Å². The topological polar surface area (TPSA) is 140 Å². The summed E-state index contributed by atoms with van der Waals surface area (Å²) in [6.45, 7) is 0.222. The number of esters is 1. The van der Waals surface area contributed by atoms with Gasteiger partial charge < -0.3 is 21.1 Å². The molecule has 2 atom stereocenters. The lowest BCUT2D eigenvalue weighted by atomic mass is 9.84. The summed E-state index contributed by atoms with van der Waals surface area (Å²) in [6.07, 6.45) is -4.08. The van der Waals surface area contributed by atoms with Crippen molar-refractivity contribution < 1.29 is 37.1 Å². The molecule has 2 unspecified atom stereocenters. The minimum Gasteiger partial charge on any atom is -0.445 e. The Kier molecular flexibility index (Phi) is 10.3. The van der Waals surface area contributed by atoms with Crippen LogP contribution in [0.5, 0.6) is 0 Å². The van der Waals surface area contributed by atoms with Gasteiger partial charge in [-0.15, -0.1) is 11.3 Å². The Morgan fingerprint density at radius 3 is 2.36 bits per heavy atom. The van der Waals surface area contributed by atoms with Gasteiger partial charge in [-0.3, -0.25) is 14.4 Å². The Morgan fingerprint density at radius 1 is 0.920 bits per heavy atom. The fourth-order valence-corrected chi connectivity index (χ4v) is 7.18. The van der Waals surface area contributed by atoms with E-state index in [0.717, 1.165) is 34.1 Å². The van der Waals surface area contributed by atoms with Crippen molar-refractivity contribution >= 4 is 61.6 Å². The zero-order chi connectivity index (χ0) is 35.4. The van der Waals surface area contributed by atoms with Gasteiger partial charge in [0.25, 0.3) is 11.8 Å². The van der Waals surface area contributed by atoms with Crippen molar-refractivity contribution in [2.75, 3.05) is 5.32 Å². The first-order valence-corrected chi connectivity index (χ1v) is 16.9. The van der Waals surface area contributed by atoms with Crippen LogP contribution in [0.15, 0.2) is 84.9 Å². The Balaban J connectivity index is 1.28. The minimum atomic E-state index is -5.30. The standard InChI is InChI=1S/C37H33F3N4O5S/c38-37(39,40)36(48)49-32(24-8-2-1-3-9-24)34(47)44-30(23-15-13-21(20-41)14-16-23)31(45)35-43-28-18-17-25(19-29(28)50-35)42-33(46)27-12-6-10-22-7-4-5-11-26(22)27/h4-7,10-19,24,30,32H,1-3,8-9,20,41H2,(H,42,46)(H,44,47). The van der Waals surface area contributed by atoms with E-state index in [2.05, 4.69) is 15.6 Å². The minimum absolute atomic E-state index is 0.0206. The number of nitrogens with two attached hydrogens (primary N) is 1. The molecule has 5 aromatic rings. The van der Waals surface area contributed by atoms with Gasteiger partial charge in [0.2, 0.25) is 5.78 Å². The number of nitrogens with zero attached hydrogens (tertiary/aromatic N) is 1. The largest absolute Gasteiger partial charge is 0.490 e. The molecule has 9 nitrogen and oxygen atoms in total. The molecule has 50 heavy (non-hydrogen) atoms. The van der Waals surface area contributed by atoms with Crippen LogP contribution in [-0.2, 0) is 20.9 Å². The van der Waals surface area contributed by atoms with E-state index in [-0.39, 0.29) is 17.5 Å². The van der Waals surface area contributed by atoms with Crippen LogP contribution >= 0.6 is 11.3 Å². The Bertz CT molecular complexity index is 2050. The van der Waals surface area contributed by atoms with E-state index in [4.69, 9.17) is 10.5 Å². The van der Waals surface area contributed by atoms with E-state index in [0.29, 0.717) is 52.7 Å². The van der Waals surface area contributed by atoms with E-state index in [9.17, 15) is 32.3 Å². The summed E-state index contributed by atoms with van der Waals surface area (Å²) < 4.78 is 45.1. The van der Waals surface area contributed by atoms with E-state index >= 15 is 0 Å². The molecule has 1 heterocycles. The van der Waals surface area contributed by atoms with Gasteiger partial charge in [0, 0.05) is 23.7 Å². The number of benzene rings is 4. The summed E-state index contributed by atoms with van der Waals surface area (Å²) in [7, 11) is 0. The molecule has 6 rings (SSSR count). The highest BCUT2D eigenvalue weighted by Gasteiger charge is 2.45. The smallest absolute Gasteiger partial charge is 0.445 e. The molecule has 1 fully saturated rings. The van der Waals surface area contributed by atoms with Crippen LogP contribution in [0.2, 0.25) is 0 Å². The van der Waals surface area contributed by atoms with Crippen LogP contribution in [-0.4, -0.2) is 40.8 Å². The number of carbonyl (C=O) groups is 4. The number of rotatable bonds is 10. The molecule has 1 aliphatic carbocycles. The molecule has 1 saturated carbocycles. The monoisotopic (exact) mass is 702 g/mol. The van der Waals surface area contributed by atoms with Crippen LogP contribution in [0.25, 0.3) is 21.0 Å². The highest BCUT2D eigenvalue weighted by molar-refractivity contribution is 7.20. The highest BCUT2D eigenvalue weighted by Crippen LogP contribution is 2.33. The van der Waals surface area contributed by atoms with Gasteiger partial charge in [0.05, 0.1) is 10.2 Å². The number of hydrogen-bond acceptors (Lipinski definition) is 8. The van der Waals surface area contributed by atoms with Gasteiger partial charge in [-0.25, -0.2) is 9.78 Å². The van der Waals surface area contributed by atoms with Gasteiger partial charge in [0.15, 0.2) is 11.1 Å². The molecule has 4 N–H and O–H groups in total. The van der Waals surface area contributed by atoms with Gasteiger partial charge in [0.1, 0.15) is 6.04 Å². The van der Waals surface area contributed by atoms with Crippen molar-refractivity contribution in [1.29, 1.82) is 0 Å². The zero-order valence-electron chi connectivity index (χ0n) is 26.7. The molecule has 4 aromatic carbocycles. The molecule has 0 saturated heterocycles. The zero-order valence-corrected chi connectivity index (χ0v) is 27.5. The first-order chi connectivity index (χ1) is 24.0. The quantitative estimate of drug-likeness (QED) is 0.103. The number of thiazole rings is 1. The van der Waals surface area contributed by atoms with E-state index < -0.39 is 41.9 Å². The average Bonchev–Trinajstić information content (AvgIpc) is 3.56. The molecular formula is C37H33F3N4O5S. The highest BCUT2D eigenvalue weighted by atomic mass is 32.1. The van der Waals surface area contributed by atoms with Crippen molar-refractivity contribution in [3.05, 3.63) is 107 Å². The number of anilines is 1. The lowest BCUT2D eigenvalue weighted by Gasteiger charge is -2.30. The molecule has 258 valence electrons. The maximum Gasteiger partial charge on any atom is 0.490 e. The summed E-state index contributed by atoms with van der Waals surface area (Å²) in [4.78, 5) is 57.4. The third kappa shape index (κ3) is 7.68. The van der Waals surface area contributed by atoms with Crippen molar-refractivity contribution in [1.82, 2.24) is 10.3 Å². The van der Waals surface area contributed by atoms with Crippen molar-refractivity contribution in [2.45, 2.75) is 57.0 Å². The van der Waals surface area contributed by atoms with Crippen LogP contribution in [0, 0.1) is 5.92 Å². The number of amides is 2. The number of aromatic nitrogens is 1. The Morgan fingerprint density at radius 2 is 1.64 bits per heavy atom. The maximum absolute atomic E-state index is 14.1. The third-order valence-electron chi connectivity index (χ3n) is 8.79. The van der Waals surface area contributed by atoms with Crippen LogP contribution in [0.1, 0.15) is 69.4 Å². The first-order valence-electron chi connectivity index (χ1n) is 16.1. The first kappa shape index (κ1) is 34.7. The summed E-state index contributed by atoms with van der Waals surface area (Å²) >= 11 is 1.04. The van der Waals surface area contributed by atoms with Crippen molar-refractivity contribution in [3.8, 4) is 0 Å². The van der Waals surface area contributed by atoms with Gasteiger partial charge >= 0.3 is 12.1 Å². The van der Waals surface area contributed by atoms with Crippen LogP contribution in [0.4, 0.5) is 18.9 Å². The second-order valence-corrected chi connectivity index (χ2v) is 13.2. The molecule has 2 amide bonds. The molecule has 0 spiro atoms. The number of ketones is 1. The molecule has 1 aliphatic rings. The SMILES string of the molecule is NCc1ccc(C(NC(=O)C(OC(=O)C(F)(F)F)C2CCCCC2)C(=O)c2nc3ccc(NC(=O)c4cccc5ccccc45)cc3s2)cc1. The second kappa shape index (κ2) is 14.8. The molecule has 0 aliphatic heterocycles. The number of alkyl halides is 3. The molecule has 0 bridgehead atoms. The number of fused-ring (bicyclic) bond motifs is 2. The third-order valence-corrected chi connectivity index (χ3v) is 9.82.